The van der Waals surface area contributed by atoms with Gasteiger partial charge in [0, 0.05) is 31.0 Å². The van der Waals surface area contributed by atoms with Crippen LogP contribution in [0.5, 0.6) is 0 Å². The van der Waals surface area contributed by atoms with Crippen LogP contribution >= 0.6 is 0 Å². The van der Waals surface area contributed by atoms with Crippen LogP contribution in [0.4, 0.5) is 0 Å². The van der Waals surface area contributed by atoms with Gasteiger partial charge in [0.1, 0.15) is 0 Å². The lowest BCUT2D eigenvalue weighted by Crippen LogP contribution is -2.57. The molecule has 0 aromatic rings. The Balaban J connectivity index is 2.05. The molecule has 0 amide bonds. The first-order valence-electron chi connectivity index (χ1n) is 3.92. The van der Waals surface area contributed by atoms with Crippen molar-refractivity contribution in [1.29, 1.82) is 0 Å². The summed E-state index contributed by atoms with van der Waals surface area (Å²) in [5.41, 5.74) is 5.96. The quantitative estimate of drug-likeness (QED) is 0.464. The summed E-state index contributed by atoms with van der Waals surface area (Å²) in [6.07, 6.45) is 0. The molecular weight excluding hydrogens is 128 g/mol. The van der Waals surface area contributed by atoms with E-state index in [2.05, 4.69) is 5.32 Å². The third-order valence-electron chi connectivity index (χ3n) is 2.57. The minimum atomic E-state index is 0.384. The van der Waals surface area contributed by atoms with Gasteiger partial charge >= 0.3 is 0 Å². The number of fused-ring (bicyclic) bond motifs is 2. The van der Waals surface area contributed by atoms with Crippen molar-refractivity contribution in [3.05, 3.63) is 0 Å². The SMILES string of the molecule is NC1C2CNCC1COC2. The van der Waals surface area contributed by atoms with Gasteiger partial charge in [-0.2, -0.15) is 0 Å². The van der Waals surface area contributed by atoms with Crippen molar-refractivity contribution in [3.8, 4) is 0 Å². The Kier molecular flexibility index (Phi) is 1.64. The molecule has 0 aliphatic carbocycles. The standard InChI is InChI=1S/C7H14N2O/c8-7-5-1-9-2-6(7)4-10-3-5/h5-7,9H,1-4,8H2. The molecule has 58 valence electrons. The molecule has 2 fully saturated rings. The highest BCUT2D eigenvalue weighted by molar-refractivity contribution is 4.90. The molecule has 10 heavy (non-hydrogen) atoms. The second-order valence-corrected chi connectivity index (χ2v) is 3.29. The summed E-state index contributed by atoms with van der Waals surface area (Å²) in [4.78, 5) is 0. The van der Waals surface area contributed by atoms with E-state index < -0.39 is 0 Å². The fourth-order valence-electron chi connectivity index (χ4n) is 1.82. The summed E-state index contributed by atoms with van der Waals surface area (Å²) in [5, 5.41) is 3.36. The number of ether oxygens (including phenoxy) is 1. The third kappa shape index (κ3) is 0.944. The predicted octanol–water partition coefficient (Wildman–Crippen LogP) is -0.821. The van der Waals surface area contributed by atoms with Crippen LogP contribution in [0.3, 0.4) is 0 Å². The van der Waals surface area contributed by atoms with Crippen LogP contribution in [0.2, 0.25) is 0 Å². The first kappa shape index (κ1) is 6.58. The van der Waals surface area contributed by atoms with Crippen LogP contribution in [-0.2, 0) is 4.74 Å². The van der Waals surface area contributed by atoms with E-state index >= 15 is 0 Å². The minimum absolute atomic E-state index is 0.384. The summed E-state index contributed by atoms with van der Waals surface area (Å²) in [6, 6.07) is 0.384. The molecule has 2 aliphatic heterocycles. The minimum Gasteiger partial charge on any atom is -0.381 e. The second kappa shape index (κ2) is 2.49. The fourth-order valence-corrected chi connectivity index (χ4v) is 1.82. The van der Waals surface area contributed by atoms with E-state index in [1.165, 1.54) is 0 Å². The Labute approximate surface area is 60.9 Å². The van der Waals surface area contributed by atoms with Crippen LogP contribution < -0.4 is 11.1 Å². The monoisotopic (exact) mass is 142 g/mol. The summed E-state index contributed by atoms with van der Waals surface area (Å²) >= 11 is 0. The molecule has 3 N–H and O–H groups in total. The molecule has 0 aromatic carbocycles. The van der Waals surface area contributed by atoms with E-state index in [1.54, 1.807) is 0 Å². The van der Waals surface area contributed by atoms with Gasteiger partial charge in [-0.05, 0) is 0 Å². The van der Waals surface area contributed by atoms with Gasteiger partial charge in [0.25, 0.3) is 0 Å². The van der Waals surface area contributed by atoms with Crippen molar-refractivity contribution < 1.29 is 4.74 Å². The maximum atomic E-state index is 5.96. The predicted molar refractivity (Wildman–Crippen MR) is 38.6 cm³/mol. The molecule has 0 radical (unpaired) electrons. The van der Waals surface area contributed by atoms with Crippen LogP contribution in [0.25, 0.3) is 0 Å². The summed E-state index contributed by atoms with van der Waals surface area (Å²) in [5.74, 6) is 1.12. The normalized spacial score (nSPS) is 47.1. The van der Waals surface area contributed by atoms with Gasteiger partial charge in [-0.1, -0.05) is 0 Å². The molecule has 2 bridgehead atoms. The van der Waals surface area contributed by atoms with E-state index in [0.717, 1.165) is 26.3 Å². The van der Waals surface area contributed by atoms with Crippen molar-refractivity contribution in [2.45, 2.75) is 6.04 Å². The summed E-state index contributed by atoms with van der Waals surface area (Å²) < 4.78 is 5.39. The van der Waals surface area contributed by atoms with Gasteiger partial charge in [0.05, 0.1) is 13.2 Å². The highest BCUT2D eigenvalue weighted by atomic mass is 16.5. The van der Waals surface area contributed by atoms with E-state index in [4.69, 9.17) is 10.5 Å². The molecule has 3 heteroatoms. The van der Waals surface area contributed by atoms with Gasteiger partial charge in [-0.3, -0.25) is 0 Å². The maximum Gasteiger partial charge on any atom is 0.0521 e. The number of hydrogen-bond donors (Lipinski definition) is 2. The summed E-state index contributed by atoms with van der Waals surface area (Å²) in [7, 11) is 0. The first-order valence-corrected chi connectivity index (χ1v) is 3.92. The smallest absolute Gasteiger partial charge is 0.0521 e. The van der Waals surface area contributed by atoms with Crippen molar-refractivity contribution >= 4 is 0 Å². The lowest BCUT2D eigenvalue weighted by atomic mass is 9.84. The second-order valence-electron chi connectivity index (χ2n) is 3.29. The largest absolute Gasteiger partial charge is 0.381 e. The van der Waals surface area contributed by atoms with E-state index in [0.29, 0.717) is 17.9 Å². The average Bonchev–Trinajstić information content (AvgIpc) is 1.86. The zero-order valence-corrected chi connectivity index (χ0v) is 6.05. The highest BCUT2D eigenvalue weighted by Crippen LogP contribution is 2.20. The Morgan fingerprint density at radius 3 is 2.30 bits per heavy atom. The molecule has 0 spiro atoms. The van der Waals surface area contributed by atoms with E-state index in [1.807, 2.05) is 0 Å². The molecule has 3 nitrogen and oxygen atoms in total. The van der Waals surface area contributed by atoms with E-state index in [9.17, 15) is 0 Å². The Hall–Kier alpha value is -0.120. The average molecular weight is 142 g/mol. The van der Waals surface area contributed by atoms with Crippen LogP contribution in [0.15, 0.2) is 0 Å². The number of rotatable bonds is 0. The number of hydrogen-bond acceptors (Lipinski definition) is 3. The molecule has 2 atom stereocenters. The Morgan fingerprint density at radius 1 is 1.20 bits per heavy atom. The van der Waals surface area contributed by atoms with E-state index in [-0.39, 0.29) is 0 Å². The fraction of sp³-hybridized carbons (Fsp3) is 1.00. The molecular formula is C7H14N2O. The van der Waals surface area contributed by atoms with Gasteiger partial charge in [-0.15, -0.1) is 0 Å². The van der Waals surface area contributed by atoms with Crippen LogP contribution in [-0.4, -0.2) is 32.3 Å². The first-order chi connectivity index (χ1) is 4.88. The number of nitrogens with one attached hydrogen (secondary N) is 1. The maximum absolute atomic E-state index is 5.96. The summed E-state index contributed by atoms with van der Waals surface area (Å²) in [6.45, 7) is 3.78. The Morgan fingerprint density at radius 2 is 1.80 bits per heavy atom. The van der Waals surface area contributed by atoms with Gasteiger partial charge < -0.3 is 15.8 Å². The van der Waals surface area contributed by atoms with Crippen LogP contribution in [0.1, 0.15) is 0 Å². The molecule has 2 rings (SSSR count). The third-order valence-corrected chi connectivity index (χ3v) is 2.57. The number of piperidine rings is 1. The van der Waals surface area contributed by atoms with Crippen LogP contribution in [0, 0.1) is 11.8 Å². The number of nitrogens with two attached hydrogens (primary N) is 1. The highest BCUT2D eigenvalue weighted by Gasteiger charge is 2.33. The molecule has 2 saturated heterocycles. The van der Waals surface area contributed by atoms with Gasteiger partial charge in [0.15, 0.2) is 0 Å². The molecule has 2 heterocycles. The molecule has 0 aromatic heterocycles. The lowest BCUT2D eigenvalue weighted by molar-refractivity contribution is -0.0162. The zero-order chi connectivity index (χ0) is 6.97. The van der Waals surface area contributed by atoms with Crippen molar-refractivity contribution in [3.63, 3.8) is 0 Å². The van der Waals surface area contributed by atoms with Gasteiger partial charge in [-0.25, -0.2) is 0 Å². The van der Waals surface area contributed by atoms with Crippen molar-refractivity contribution in [1.82, 2.24) is 5.32 Å². The lowest BCUT2D eigenvalue weighted by Gasteiger charge is -2.40. The molecule has 2 unspecified atom stereocenters. The van der Waals surface area contributed by atoms with Crippen molar-refractivity contribution in [2.24, 2.45) is 17.6 Å². The topological polar surface area (TPSA) is 47.3 Å². The van der Waals surface area contributed by atoms with Gasteiger partial charge in [0.2, 0.25) is 0 Å². The molecule has 2 aliphatic rings. The zero-order valence-electron chi connectivity index (χ0n) is 6.05. The van der Waals surface area contributed by atoms with Crippen molar-refractivity contribution in [2.75, 3.05) is 26.3 Å². The Bertz CT molecular complexity index is 107. The molecule has 0 saturated carbocycles.